The first-order chi connectivity index (χ1) is 18.0. The van der Waals surface area contributed by atoms with Crippen molar-refractivity contribution in [2.24, 2.45) is 0 Å². The third kappa shape index (κ3) is 7.50. The molecule has 5 nitrogen and oxygen atoms in total. The van der Waals surface area contributed by atoms with Crippen LogP contribution in [0.25, 0.3) is 11.1 Å². The Morgan fingerprint density at radius 3 is 2.37 bits per heavy atom. The van der Waals surface area contributed by atoms with E-state index in [1.54, 1.807) is 17.0 Å². The average molecular weight is 549 g/mol. The molecule has 1 aliphatic rings. The summed E-state index contributed by atoms with van der Waals surface area (Å²) in [5, 5.41) is 2.63. The van der Waals surface area contributed by atoms with Crippen LogP contribution in [0.15, 0.2) is 59.5 Å². The summed E-state index contributed by atoms with van der Waals surface area (Å²) in [4.78, 5) is 26.3. The van der Waals surface area contributed by atoms with Gasteiger partial charge in [-0.2, -0.15) is 13.2 Å². The van der Waals surface area contributed by atoms with E-state index in [0.717, 1.165) is 28.1 Å². The summed E-state index contributed by atoms with van der Waals surface area (Å²) in [5.74, 6) is 0.245. The number of rotatable bonds is 6. The predicted octanol–water partition coefficient (Wildman–Crippen LogP) is 6.95. The van der Waals surface area contributed by atoms with Crippen molar-refractivity contribution in [1.82, 2.24) is 4.90 Å². The van der Waals surface area contributed by atoms with Gasteiger partial charge in [-0.15, -0.1) is 11.8 Å². The number of alkyl halides is 3. The number of nitrogens with one attached hydrogen (secondary N) is 1. The Hall–Kier alpha value is -3.53. The van der Waals surface area contributed by atoms with E-state index < -0.39 is 6.18 Å². The number of carbonyl (C=O) groups is 2. The third-order valence-corrected chi connectivity index (χ3v) is 6.54. The lowest BCUT2D eigenvalue weighted by atomic mass is 10.0. The van der Waals surface area contributed by atoms with E-state index in [-0.39, 0.29) is 18.6 Å². The van der Waals surface area contributed by atoms with Gasteiger partial charge in [0.15, 0.2) is 0 Å². The van der Waals surface area contributed by atoms with Crippen LogP contribution in [0.1, 0.15) is 35.3 Å². The van der Waals surface area contributed by atoms with Crippen LogP contribution in [0, 0.1) is 5.82 Å². The molecule has 10 heteroatoms. The Morgan fingerprint density at radius 1 is 1.11 bits per heavy atom. The molecule has 1 N–H and O–H groups in total. The average Bonchev–Trinajstić information content (AvgIpc) is 3.10. The van der Waals surface area contributed by atoms with E-state index in [9.17, 15) is 27.2 Å². The Morgan fingerprint density at radius 2 is 1.76 bits per heavy atom. The highest BCUT2D eigenvalue weighted by Crippen LogP contribution is 2.31. The lowest BCUT2D eigenvalue weighted by Crippen LogP contribution is -2.33. The SMILES string of the molecule is CC(F)(F)F.CCc1c(C(=O)N2CCOc3ccc(-c4ccc(NC=O)cc4)cc3C2)ccc(SC)c1F. The van der Waals surface area contributed by atoms with Crippen molar-refractivity contribution in [3.63, 3.8) is 0 Å². The number of nitrogens with zero attached hydrogens (tertiary/aromatic N) is 1. The van der Waals surface area contributed by atoms with E-state index in [4.69, 9.17) is 4.74 Å². The molecule has 0 bridgehead atoms. The lowest BCUT2D eigenvalue weighted by molar-refractivity contribution is -0.110. The van der Waals surface area contributed by atoms with E-state index in [1.165, 1.54) is 11.8 Å². The zero-order valence-corrected chi connectivity index (χ0v) is 22.0. The quantitative estimate of drug-likeness (QED) is 0.206. The second-order valence-electron chi connectivity index (χ2n) is 8.48. The van der Waals surface area contributed by atoms with Crippen LogP contribution in [0.3, 0.4) is 0 Å². The van der Waals surface area contributed by atoms with Gasteiger partial charge < -0.3 is 15.0 Å². The van der Waals surface area contributed by atoms with Gasteiger partial charge in [-0.05, 0) is 60.2 Å². The predicted molar refractivity (Wildman–Crippen MR) is 141 cm³/mol. The summed E-state index contributed by atoms with van der Waals surface area (Å²) in [5.41, 5.74) is 4.44. The molecule has 0 fully saturated rings. The van der Waals surface area contributed by atoms with Crippen LogP contribution in [0.4, 0.5) is 23.2 Å². The first-order valence-corrected chi connectivity index (χ1v) is 13.1. The topological polar surface area (TPSA) is 58.6 Å². The minimum atomic E-state index is -4.00. The molecule has 0 atom stereocenters. The monoisotopic (exact) mass is 548 g/mol. The van der Waals surface area contributed by atoms with Crippen LogP contribution in [-0.4, -0.2) is 42.8 Å². The first-order valence-electron chi connectivity index (χ1n) is 11.8. The second kappa shape index (κ2) is 12.8. The van der Waals surface area contributed by atoms with Gasteiger partial charge in [0, 0.05) is 40.7 Å². The normalized spacial score (nSPS) is 12.9. The van der Waals surface area contributed by atoms with Crippen molar-refractivity contribution in [2.45, 2.75) is 37.9 Å². The second-order valence-corrected chi connectivity index (χ2v) is 9.33. The van der Waals surface area contributed by atoms with Crippen molar-refractivity contribution in [3.05, 3.63) is 77.1 Å². The number of halogens is 4. The number of hydrogen-bond acceptors (Lipinski definition) is 4. The van der Waals surface area contributed by atoms with Crippen molar-refractivity contribution in [3.8, 4) is 16.9 Å². The summed E-state index contributed by atoms with van der Waals surface area (Å²) >= 11 is 1.34. The van der Waals surface area contributed by atoms with Gasteiger partial charge >= 0.3 is 6.18 Å². The molecule has 38 heavy (non-hydrogen) atoms. The maximum Gasteiger partial charge on any atom is 0.386 e. The molecule has 0 saturated heterocycles. The number of benzene rings is 3. The highest BCUT2D eigenvalue weighted by atomic mass is 32.2. The van der Waals surface area contributed by atoms with Crippen molar-refractivity contribution >= 4 is 29.8 Å². The van der Waals surface area contributed by atoms with Gasteiger partial charge in [-0.1, -0.05) is 25.1 Å². The summed E-state index contributed by atoms with van der Waals surface area (Å²) < 4.78 is 51.8. The molecule has 4 rings (SSSR count). The summed E-state index contributed by atoms with van der Waals surface area (Å²) in [7, 11) is 0. The van der Waals surface area contributed by atoms with Crippen molar-refractivity contribution < 1.29 is 31.9 Å². The molecule has 0 aromatic heterocycles. The van der Waals surface area contributed by atoms with E-state index in [2.05, 4.69) is 5.32 Å². The minimum Gasteiger partial charge on any atom is -0.491 e. The Labute approximate surface area is 223 Å². The van der Waals surface area contributed by atoms with Gasteiger partial charge in [0.05, 0.1) is 6.54 Å². The molecule has 202 valence electrons. The van der Waals surface area contributed by atoms with Crippen LogP contribution in [-0.2, 0) is 17.8 Å². The minimum absolute atomic E-state index is 0.188. The number of fused-ring (bicyclic) bond motifs is 1. The van der Waals surface area contributed by atoms with Gasteiger partial charge in [-0.3, -0.25) is 9.59 Å². The van der Waals surface area contributed by atoms with Gasteiger partial charge in [0.1, 0.15) is 18.2 Å². The number of ether oxygens (including phenoxy) is 1. The van der Waals surface area contributed by atoms with E-state index in [0.29, 0.717) is 48.5 Å². The maximum absolute atomic E-state index is 14.9. The van der Waals surface area contributed by atoms with Crippen LogP contribution >= 0.6 is 11.8 Å². The van der Waals surface area contributed by atoms with E-state index in [1.807, 2.05) is 55.6 Å². The first kappa shape index (κ1) is 29.0. The molecule has 3 aromatic rings. The summed E-state index contributed by atoms with van der Waals surface area (Å²) in [6.07, 6.45) is -1.08. The molecule has 0 aliphatic carbocycles. The Balaban J connectivity index is 0.000000732. The zero-order chi connectivity index (χ0) is 27.9. The number of anilines is 1. The highest BCUT2D eigenvalue weighted by molar-refractivity contribution is 7.98. The fourth-order valence-electron chi connectivity index (χ4n) is 4.05. The van der Waals surface area contributed by atoms with Crippen molar-refractivity contribution in [2.75, 3.05) is 24.7 Å². The van der Waals surface area contributed by atoms with Gasteiger partial charge in [0.2, 0.25) is 6.41 Å². The number of amides is 2. The molecule has 1 aliphatic heterocycles. The molecule has 2 amide bonds. The van der Waals surface area contributed by atoms with Crippen LogP contribution < -0.4 is 10.1 Å². The van der Waals surface area contributed by atoms with Crippen molar-refractivity contribution in [1.29, 1.82) is 0 Å². The fraction of sp³-hybridized carbons (Fsp3) is 0.286. The van der Waals surface area contributed by atoms with Gasteiger partial charge in [-0.25, -0.2) is 4.39 Å². The Bertz CT molecular complexity index is 1270. The summed E-state index contributed by atoms with van der Waals surface area (Å²) in [6, 6.07) is 16.8. The molecule has 0 unspecified atom stereocenters. The summed E-state index contributed by atoms with van der Waals surface area (Å²) in [6.45, 7) is 3.22. The highest BCUT2D eigenvalue weighted by Gasteiger charge is 2.25. The maximum atomic E-state index is 14.9. The molecule has 0 saturated carbocycles. The van der Waals surface area contributed by atoms with Crippen LogP contribution in [0.2, 0.25) is 0 Å². The lowest BCUT2D eigenvalue weighted by Gasteiger charge is -2.22. The largest absolute Gasteiger partial charge is 0.491 e. The number of thioether (sulfide) groups is 1. The molecular weight excluding hydrogens is 520 g/mol. The third-order valence-electron chi connectivity index (χ3n) is 5.78. The molecule has 0 radical (unpaired) electrons. The fourth-order valence-corrected chi connectivity index (χ4v) is 4.55. The zero-order valence-electron chi connectivity index (χ0n) is 21.2. The Kier molecular flexibility index (Phi) is 9.79. The van der Waals surface area contributed by atoms with E-state index >= 15 is 0 Å². The van der Waals surface area contributed by atoms with Gasteiger partial charge in [0.25, 0.3) is 5.91 Å². The number of carbonyl (C=O) groups excluding carboxylic acids is 2. The molecule has 0 spiro atoms. The molecule has 3 aromatic carbocycles. The van der Waals surface area contributed by atoms with Crippen LogP contribution in [0.5, 0.6) is 5.75 Å². The molecular formula is C28H28F4N2O3S. The molecule has 1 heterocycles. The smallest absolute Gasteiger partial charge is 0.386 e. The standard InChI is InChI=1S/C26H25FN2O3S.C2H3F3/c1-3-21-22(9-11-24(33-2)25(21)27)26(31)29-12-13-32-23-10-6-18(14-19(23)15-29)17-4-7-20(8-5-17)28-16-30;1-2(3,4)5/h4-11,14,16H,3,12-13,15H2,1-2H3,(H,28,30);1H3. The number of hydrogen-bond donors (Lipinski definition) is 1.